The zero-order chi connectivity index (χ0) is 13.7. The first-order chi connectivity index (χ1) is 8.40. The summed E-state index contributed by atoms with van der Waals surface area (Å²) in [5.74, 6) is -0.254. The van der Waals surface area contributed by atoms with Crippen LogP contribution in [0.2, 0.25) is 0 Å². The fourth-order valence-corrected chi connectivity index (χ4v) is 2.22. The summed E-state index contributed by atoms with van der Waals surface area (Å²) < 4.78 is 13.8. The zero-order valence-electron chi connectivity index (χ0n) is 10.6. The predicted molar refractivity (Wildman–Crippen MR) is 73.4 cm³/mol. The molecule has 0 saturated heterocycles. The van der Waals surface area contributed by atoms with Crippen LogP contribution in [0.3, 0.4) is 0 Å². The number of primary amides is 1. The number of hydrogen-bond donors (Lipinski definition) is 1. The van der Waals surface area contributed by atoms with Gasteiger partial charge in [0.2, 0.25) is 5.91 Å². The maximum atomic E-state index is 13.4. The van der Waals surface area contributed by atoms with Crippen molar-refractivity contribution in [2.24, 2.45) is 11.7 Å². The van der Waals surface area contributed by atoms with Crippen LogP contribution in [0, 0.1) is 11.7 Å². The number of carbonyl (C=O) groups excluding carboxylic acids is 1. The third kappa shape index (κ3) is 4.74. The molecule has 0 aromatic heterocycles. The van der Waals surface area contributed by atoms with Gasteiger partial charge in [0.1, 0.15) is 5.82 Å². The van der Waals surface area contributed by atoms with Crippen LogP contribution >= 0.6 is 15.9 Å². The third-order valence-electron chi connectivity index (χ3n) is 2.43. The minimum absolute atomic E-state index is 0.182. The highest BCUT2D eigenvalue weighted by atomic mass is 79.9. The first-order valence-electron chi connectivity index (χ1n) is 5.83. The lowest BCUT2D eigenvalue weighted by Gasteiger charge is -2.23. The van der Waals surface area contributed by atoms with Gasteiger partial charge in [0.15, 0.2) is 0 Å². The lowest BCUT2D eigenvalue weighted by atomic mass is 10.1. The smallest absolute Gasteiger partial charge is 0.231 e. The maximum Gasteiger partial charge on any atom is 0.231 e. The van der Waals surface area contributed by atoms with Gasteiger partial charge < -0.3 is 5.73 Å². The minimum Gasteiger partial charge on any atom is -0.369 e. The van der Waals surface area contributed by atoms with Crippen LogP contribution < -0.4 is 5.73 Å². The van der Waals surface area contributed by atoms with Crippen molar-refractivity contribution in [1.29, 1.82) is 0 Å². The van der Waals surface area contributed by atoms with Crippen LogP contribution in [0.25, 0.3) is 0 Å². The molecule has 0 spiro atoms. The maximum absolute atomic E-state index is 13.4. The van der Waals surface area contributed by atoms with Crippen molar-refractivity contribution in [2.45, 2.75) is 20.4 Å². The van der Waals surface area contributed by atoms with E-state index >= 15 is 0 Å². The van der Waals surface area contributed by atoms with E-state index in [4.69, 9.17) is 5.73 Å². The lowest BCUT2D eigenvalue weighted by molar-refractivity contribution is -0.119. The monoisotopic (exact) mass is 316 g/mol. The number of benzene rings is 1. The number of nitrogens with zero attached hydrogens (tertiary/aromatic N) is 1. The molecule has 0 heterocycles. The standard InChI is InChI=1S/C13H18BrFN2O/c1-9(2)6-17(8-12(16)18)7-10-4-3-5-11(15)13(10)14/h3-5,9H,6-8H2,1-2H3,(H2,16,18). The third-order valence-corrected chi connectivity index (χ3v) is 3.32. The second kappa shape index (κ2) is 6.85. The molecule has 5 heteroatoms. The average Bonchev–Trinajstić information content (AvgIpc) is 2.23. The largest absolute Gasteiger partial charge is 0.369 e. The van der Waals surface area contributed by atoms with Crippen LogP contribution in [0.15, 0.2) is 22.7 Å². The predicted octanol–water partition coefficient (Wildman–Crippen LogP) is 2.53. The molecule has 0 atom stereocenters. The number of nitrogens with two attached hydrogens (primary N) is 1. The zero-order valence-corrected chi connectivity index (χ0v) is 12.2. The van der Waals surface area contributed by atoms with Crippen LogP contribution in [0.5, 0.6) is 0 Å². The van der Waals surface area contributed by atoms with Crippen molar-refractivity contribution in [1.82, 2.24) is 4.90 Å². The van der Waals surface area contributed by atoms with Gasteiger partial charge in [-0.05, 0) is 33.5 Å². The Balaban J connectivity index is 2.81. The molecule has 0 unspecified atom stereocenters. The lowest BCUT2D eigenvalue weighted by Crippen LogP contribution is -2.35. The van der Waals surface area contributed by atoms with Crippen molar-refractivity contribution in [2.75, 3.05) is 13.1 Å². The summed E-state index contributed by atoms with van der Waals surface area (Å²) >= 11 is 3.22. The number of halogens is 2. The molecule has 0 saturated carbocycles. The molecule has 3 nitrogen and oxygen atoms in total. The van der Waals surface area contributed by atoms with E-state index in [1.54, 1.807) is 6.07 Å². The van der Waals surface area contributed by atoms with Gasteiger partial charge in [-0.2, -0.15) is 0 Å². The average molecular weight is 317 g/mol. The molecule has 1 aromatic rings. The van der Waals surface area contributed by atoms with Crippen molar-refractivity contribution in [3.8, 4) is 0 Å². The highest BCUT2D eigenvalue weighted by molar-refractivity contribution is 9.10. The summed E-state index contributed by atoms with van der Waals surface area (Å²) in [5.41, 5.74) is 6.04. The molecule has 0 bridgehead atoms. The van der Waals surface area contributed by atoms with Crippen molar-refractivity contribution < 1.29 is 9.18 Å². The molecule has 0 aliphatic rings. The van der Waals surface area contributed by atoms with Crippen LogP contribution in [0.4, 0.5) is 4.39 Å². The minimum atomic E-state index is -0.372. The topological polar surface area (TPSA) is 46.3 Å². The molecular formula is C13H18BrFN2O. The van der Waals surface area contributed by atoms with Gasteiger partial charge in [-0.3, -0.25) is 9.69 Å². The molecule has 0 fully saturated rings. The fourth-order valence-electron chi connectivity index (χ4n) is 1.83. The van der Waals surface area contributed by atoms with E-state index in [2.05, 4.69) is 29.8 Å². The van der Waals surface area contributed by atoms with E-state index in [9.17, 15) is 9.18 Å². The molecule has 0 aliphatic heterocycles. The summed E-state index contributed by atoms with van der Waals surface area (Å²) in [6, 6.07) is 4.89. The second-order valence-electron chi connectivity index (χ2n) is 4.74. The molecule has 0 radical (unpaired) electrons. The number of hydrogen-bond acceptors (Lipinski definition) is 2. The van der Waals surface area contributed by atoms with Crippen LogP contribution in [0.1, 0.15) is 19.4 Å². The molecule has 2 N–H and O–H groups in total. The Hall–Kier alpha value is -0.940. The summed E-state index contributed by atoms with van der Waals surface area (Å²) in [4.78, 5) is 13.0. The van der Waals surface area contributed by atoms with Gasteiger partial charge in [0.25, 0.3) is 0 Å². The summed E-state index contributed by atoms with van der Waals surface area (Å²) in [6.07, 6.45) is 0. The Labute approximate surface area is 115 Å². The molecule has 1 aromatic carbocycles. The van der Waals surface area contributed by atoms with Crippen molar-refractivity contribution >= 4 is 21.8 Å². The van der Waals surface area contributed by atoms with Gasteiger partial charge in [-0.1, -0.05) is 26.0 Å². The first-order valence-corrected chi connectivity index (χ1v) is 6.63. The van der Waals surface area contributed by atoms with Gasteiger partial charge >= 0.3 is 0 Å². The van der Waals surface area contributed by atoms with Gasteiger partial charge in [-0.25, -0.2) is 4.39 Å². The van der Waals surface area contributed by atoms with E-state index in [-0.39, 0.29) is 18.3 Å². The SMILES string of the molecule is CC(C)CN(CC(N)=O)Cc1cccc(F)c1Br. The van der Waals surface area contributed by atoms with Gasteiger partial charge in [0.05, 0.1) is 11.0 Å². The Kier molecular flexibility index (Phi) is 5.75. The van der Waals surface area contributed by atoms with E-state index in [0.29, 0.717) is 16.9 Å². The summed E-state index contributed by atoms with van der Waals surface area (Å²) in [7, 11) is 0. The number of amides is 1. The molecule has 18 heavy (non-hydrogen) atoms. The van der Waals surface area contributed by atoms with Gasteiger partial charge in [-0.15, -0.1) is 0 Å². The Morgan fingerprint density at radius 1 is 1.50 bits per heavy atom. The highest BCUT2D eigenvalue weighted by Crippen LogP contribution is 2.22. The molecular weight excluding hydrogens is 299 g/mol. The number of carbonyl (C=O) groups is 1. The molecule has 0 aliphatic carbocycles. The fraction of sp³-hybridized carbons (Fsp3) is 0.462. The Morgan fingerprint density at radius 3 is 2.72 bits per heavy atom. The Bertz CT molecular complexity index is 423. The summed E-state index contributed by atoms with van der Waals surface area (Å²) in [5, 5.41) is 0. The van der Waals surface area contributed by atoms with E-state index in [1.807, 2.05) is 11.0 Å². The van der Waals surface area contributed by atoms with E-state index < -0.39 is 0 Å². The van der Waals surface area contributed by atoms with Gasteiger partial charge in [0, 0.05) is 13.1 Å². The van der Waals surface area contributed by atoms with Crippen molar-refractivity contribution in [3.05, 3.63) is 34.1 Å². The molecule has 1 amide bonds. The van der Waals surface area contributed by atoms with Crippen LogP contribution in [-0.4, -0.2) is 23.9 Å². The normalized spacial score (nSPS) is 11.2. The van der Waals surface area contributed by atoms with E-state index in [1.165, 1.54) is 6.07 Å². The molecule has 100 valence electrons. The summed E-state index contributed by atoms with van der Waals surface area (Å²) in [6.45, 7) is 5.55. The quantitative estimate of drug-likeness (QED) is 0.876. The second-order valence-corrected chi connectivity index (χ2v) is 5.54. The molecule has 1 rings (SSSR count). The first kappa shape index (κ1) is 15.1. The van der Waals surface area contributed by atoms with Crippen molar-refractivity contribution in [3.63, 3.8) is 0 Å². The highest BCUT2D eigenvalue weighted by Gasteiger charge is 2.13. The van der Waals surface area contributed by atoms with Crippen LogP contribution in [-0.2, 0) is 11.3 Å². The number of rotatable bonds is 6. The van der Waals surface area contributed by atoms with E-state index in [0.717, 1.165) is 12.1 Å². The Morgan fingerprint density at radius 2 is 2.17 bits per heavy atom.